The number of aliphatic hydroxyl groups excluding tert-OH is 1. The van der Waals surface area contributed by atoms with Gasteiger partial charge in [-0.05, 0) is 24.1 Å². The fourth-order valence-electron chi connectivity index (χ4n) is 2.18. The van der Waals surface area contributed by atoms with Gasteiger partial charge in [0.1, 0.15) is 10.6 Å². The van der Waals surface area contributed by atoms with Gasteiger partial charge < -0.3 is 14.6 Å². The zero-order valence-corrected chi connectivity index (χ0v) is 12.4. The van der Waals surface area contributed by atoms with E-state index in [0.29, 0.717) is 25.2 Å². The van der Waals surface area contributed by atoms with Crippen LogP contribution in [-0.2, 0) is 21.4 Å². The quantitative estimate of drug-likeness (QED) is 0.862. The Kier molecular flexibility index (Phi) is 4.64. The molecule has 0 saturated carbocycles. The van der Waals surface area contributed by atoms with Gasteiger partial charge in [-0.3, -0.25) is 0 Å². The molecule has 1 N–H and O–H groups in total. The van der Waals surface area contributed by atoms with E-state index in [1.54, 1.807) is 19.2 Å². The molecule has 1 aromatic carbocycles. The minimum atomic E-state index is -3.68. The highest BCUT2D eigenvalue weighted by atomic mass is 32.2. The lowest BCUT2D eigenvalue weighted by atomic mass is 10.2. The molecular weight excluding hydrogens is 282 g/mol. The Hall–Kier alpha value is -1.15. The average Bonchev–Trinajstić information content (AvgIpc) is 2.99. The van der Waals surface area contributed by atoms with Crippen LogP contribution in [0.5, 0.6) is 5.75 Å². The highest BCUT2D eigenvalue weighted by Gasteiger charge is 2.32. The van der Waals surface area contributed by atoms with E-state index in [1.807, 2.05) is 0 Å². The van der Waals surface area contributed by atoms with E-state index in [4.69, 9.17) is 9.47 Å². The Balaban J connectivity index is 2.41. The number of hydrogen-bond acceptors (Lipinski definition) is 5. The molecule has 1 heterocycles. The minimum Gasteiger partial charge on any atom is -0.495 e. The second kappa shape index (κ2) is 6.09. The molecule has 1 fully saturated rings. The normalized spacial score (nSPS) is 19.5. The maximum Gasteiger partial charge on any atom is 0.246 e. The van der Waals surface area contributed by atoms with E-state index >= 15 is 0 Å². The second-order valence-corrected chi connectivity index (χ2v) is 6.65. The van der Waals surface area contributed by atoms with E-state index in [2.05, 4.69) is 0 Å². The van der Waals surface area contributed by atoms with Gasteiger partial charge >= 0.3 is 0 Å². The Labute approximate surface area is 119 Å². The Bertz CT molecular complexity index is 566. The van der Waals surface area contributed by atoms with E-state index in [0.717, 1.165) is 0 Å². The summed E-state index contributed by atoms with van der Waals surface area (Å²) in [6, 6.07) is 4.47. The summed E-state index contributed by atoms with van der Waals surface area (Å²) in [7, 11) is -0.717. The minimum absolute atomic E-state index is 0.0703. The van der Waals surface area contributed by atoms with Gasteiger partial charge in [0.2, 0.25) is 10.0 Å². The number of likely N-dealkylation sites (N-methyl/N-ethyl adjacent to an activating group) is 1. The van der Waals surface area contributed by atoms with Crippen molar-refractivity contribution in [2.45, 2.75) is 24.0 Å². The lowest BCUT2D eigenvalue weighted by Crippen LogP contribution is -2.37. The predicted molar refractivity (Wildman–Crippen MR) is 73.1 cm³/mol. The van der Waals surface area contributed by atoms with Gasteiger partial charge in [-0.15, -0.1) is 0 Å². The van der Waals surface area contributed by atoms with Crippen LogP contribution in [0.15, 0.2) is 23.1 Å². The van der Waals surface area contributed by atoms with Crippen LogP contribution >= 0.6 is 0 Å². The molecule has 0 aliphatic carbocycles. The summed E-state index contributed by atoms with van der Waals surface area (Å²) < 4.78 is 37.0. The van der Waals surface area contributed by atoms with Crippen molar-refractivity contribution in [1.29, 1.82) is 0 Å². The van der Waals surface area contributed by atoms with Gasteiger partial charge in [-0.1, -0.05) is 6.07 Å². The Morgan fingerprint density at radius 3 is 2.80 bits per heavy atom. The molecule has 1 atom stereocenters. The molecule has 2 rings (SSSR count). The zero-order chi connectivity index (χ0) is 14.8. The highest BCUT2D eigenvalue weighted by molar-refractivity contribution is 7.89. The predicted octanol–water partition coefficient (Wildman–Crippen LogP) is 0.597. The third-order valence-electron chi connectivity index (χ3n) is 3.49. The molecule has 6 nitrogen and oxygen atoms in total. The molecule has 1 aliphatic rings. The van der Waals surface area contributed by atoms with Gasteiger partial charge in [0.25, 0.3) is 0 Å². The van der Waals surface area contributed by atoms with Crippen molar-refractivity contribution in [2.24, 2.45) is 0 Å². The van der Waals surface area contributed by atoms with Gasteiger partial charge in [-0.25, -0.2) is 8.42 Å². The lowest BCUT2D eigenvalue weighted by Gasteiger charge is -2.23. The van der Waals surface area contributed by atoms with Crippen molar-refractivity contribution >= 4 is 10.0 Å². The SMILES string of the molecule is COc1ccc(CO)cc1S(=O)(=O)N(C)C1CCOC1. The molecule has 20 heavy (non-hydrogen) atoms. The van der Waals surface area contributed by atoms with Crippen LogP contribution in [0.25, 0.3) is 0 Å². The maximum absolute atomic E-state index is 12.7. The molecule has 1 aliphatic heterocycles. The Morgan fingerprint density at radius 2 is 2.25 bits per heavy atom. The van der Waals surface area contributed by atoms with Gasteiger partial charge in [0.05, 0.1) is 26.4 Å². The van der Waals surface area contributed by atoms with E-state index < -0.39 is 10.0 Å². The maximum atomic E-state index is 12.7. The summed E-state index contributed by atoms with van der Waals surface area (Å²) in [4.78, 5) is 0.0703. The first-order chi connectivity index (χ1) is 9.50. The monoisotopic (exact) mass is 301 g/mol. The van der Waals surface area contributed by atoms with Crippen LogP contribution < -0.4 is 4.74 Å². The van der Waals surface area contributed by atoms with Gasteiger partial charge in [0.15, 0.2) is 0 Å². The molecule has 0 spiro atoms. The standard InChI is InChI=1S/C13H19NO5S/c1-14(11-5-6-19-9-11)20(16,17)13-7-10(8-15)3-4-12(13)18-2/h3-4,7,11,15H,5-6,8-9H2,1-2H3. The summed E-state index contributed by atoms with van der Waals surface area (Å²) in [5.41, 5.74) is 0.528. The third kappa shape index (κ3) is 2.80. The third-order valence-corrected chi connectivity index (χ3v) is 5.42. The molecule has 0 radical (unpaired) electrons. The van der Waals surface area contributed by atoms with Crippen molar-refractivity contribution in [1.82, 2.24) is 4.31 Å². The van der Waals surface area contributed by atoms with Crippen LogP contribution in [0.1, 0.15) is 12.0 Å². The smallest absolute Gasteiger partial charge is 0.246 e. The number of benzene rings is 1. The van der Waals surface area contributed by atoms with Gasteiger partial charge in [0, 0.05) is 13.7 Å². The number of methoxy groups -OCH3 is 1. The molecule has 0 aromatic heterocycles. The topological polar surface area (TPSA) is 76.1 Å². The number of aliphatic hydroxyl groups is 1. The summed E-state index contributed by atoms with van der Waals surface area (Å²) in [6.07, 6.45) is 0.678. The van der Waals surface area contributed by atoms with Crippen molar-refractivity contribution in [3.05, 3.63) is 23.8 Å². The van der Waals surface area contributed by atoms with Crippen LogP contribution in [0.2, 0.25) is 0 Å². The first-order valence-electron chi connectivity index (χ1n) is 6.34. The van der Waals surface area contributed by atoms with E-state index in [9.17, 15) is 13.5 Å². The number of hydrogen-bond donors (Lipinski definition) is 1. The number of nitrogens with zero attached hydrogens (tertiary/aromatic N) is 1. The largest absolute Gasteiger partial charge is 0.495 e. The zero-order valence-electron chi connectivity index (χ0n) is 11.6. The molecular formula is C13H19NO5S. The summed E-state index contributed by atoms with van der Waals surface area (Å²) in [6.45, 7) is 0.749. The van der Waals surface area contributed by atoms with Crippen LogP contribution in [-0.4, -0.2) is 51.2 Å². The summed E-state index contributed by atoms with van der Waals surface area (Å²) in [5, 5.41) is 9.17. The van der Waals surface area contributed by atoms with Crippen LogP contribution in [0, 0.1) is 0 Å². The van der Waals surface area contributed by atoms with Crippen LogP contribution in [0.3, 0.4) is 0 Å². The fourth-order valence-corrected chi connectivity index (χ4v) is 3.76. The van der Waals surface area contributed by atoms with Gasteiger partial charge in [-0.2, -0.15) is 4.31 Å². The van der Waals surface area contributed by atoms with Crippen molar-refractivity contribution in [3.8, 4) is 5.75 Å². The Morgan fingerprint density at radius 1 is 1.50 bits per heavy atom. The van der Waals surface area contributed by atoms with Crippen molar-refractivity contribution in [3.63, 3.8) is 0 Å². The first-order valence-corrected chi connectivity index (χ1v) is 7.78. The second-order valence-electron chi connectivity index (χ2n) is 4.68. The van der Waals surface area contributed by atoms with Crippen molar-refractivity contribution in [2.75, 3.05) is 27.4 Å². The summed E-state index contributed by atoms with van der Waals surface area (Å²) >= 11 is 0. The first kappa shape index (κ1) is 15.2. The van der Waals surface area contributed by atoms with E-state index in [-0.39, 0.29) is 23.3 Å². The summed E-state index contributed by atoms with van der Waals surface area (Å²) in [5.74, 6) is 0.271. The molecule has 1 saturated heterocycles. The molecule has 0 bridgehead atoms. The van der Waals surface area contributed by atoms with Crippen molar-refractivity contribution < 1.29 is 23.0 Å². The fraction of sp³-hybridized carbons (Fsp3) is 0.538. The average molecular weight is 301 g/mol. The molecule has 7 heteroatoms. The van der Waals surface area contributed by atoms with Crippen LogP contribution in [0.4, 0.5) is 0 Å². The molecule has 1 unspecified atom stereocenters. The van der Waals surface area contributed by atoms with E-state index in [1.165, 1.54) is 17.5 Å². The number of sulfonamides is 1. The highest BCUT2D eigenvalue weighted by Crippen LogP contribution is 2.29. The molecule has 112 valence electrons. The molecule has 1 aromatic rings. The number of ether oxygens (including phenoxy) is 2. The number of rotatable bonds is 5. The molecule has 0 amide bonds. The lowest BCUT2D eigenvalue weighted by molar-refractivity contribution is 0.180.